The average molecular weight is 624 g/mol. The third-order valence-electron chi connectivity index (χ3n) is 7.06. The number of rotatable bonds is 10. The number of carboxylic acid groups (broad SMARTS) is 1. The van der Waals surface area contributed by atoms with Gasteiger partial charge in [0.2, 0.25) is 11.8 Å². The summed E-state index contributed by atoms with van der Waals surface area (Å²) in [6.45, 7) is 5.70. The number of methoxy groups -OCH3 is 1. The molecule has 41 heavy (non-hydrogen) atoms. The van der Waals surface area contributed by atoms with Crippen LogP contribution in [0.25, 0.3) is 0 Å². The van der Waals surface area contributed by atoms with Crippen molar-refractivity contribution in [3.8, 4) is 5.75 Å². The van der Waals surface area contributed by atoms with Gasteiger partial charge >= 0.3 is 5.97 Å². The first-order valence-electron chi connectivity index (χ1n) is 13.5. The number of aryl methyl sites for hydroxylation is 1. The van der Waals surface area contributed by atoms with E-state index in [0.29, 0.717) is 22.3 Å². The number of piperidine rings is 1. The van der Waals surface area contributed by atoms with E-state index in [4.69, 9.17) is 4.74 Å². The third-order valence-corrected chi connectivity index (χ3v) is 7.80. The number of hydrogen-bond acceptors (Lipinski definition) is 6. The van der Waals surface area contributed by atoms with Crippen molar-refractivity contribution in [2.75, 3.05) is 35.5 Å². The summed E-state index contributed by atoms with van der Waals surface area (Å²) in [5.41, 5.74) is 8.27. The first kappa shape index (κ1) is 29.9. The molecule has 1 fully saturated rings. The molecule has 3 aromatic rings. The molecule has 0 aliphatic carbocycles. The van der Waals surface area contributed by atoms with Crippen LogP contribution in [0.15, 0.2) is 59.1 Å². The van der Waals surface area contributed by atoms with Crippen molar-refractivity contribution in [2.24, 2.45) is 0 Å². The van der Waals surface area contributed by atoms with Gasteiger partial charge in [-0.25, -0.2) is 9.80 Å². The summed E-state index contributed by atoms with van der Waals surface area (Å²) in [4.78, 5) is 39.4. The van der Waals surface area contributed by atoms with Crippen molar-refractivity contribution in [1.82, 2.24) is 5.32 Å². The minimum atomic E-state index is -1.11. The molecule has 10 heteroatoms. The summed E-state index contributed by atoms with van der Waals surface area (Å²) in [5.74, 6) is -1.27. The van der Waals surface area contributed by atoms with E-state index in [-0.39, 0.29) is 29.5 Å². The van der Waals surface area contributed by atoms with Gasteiger partial charge < -0.3 is 20.1 Å². The molecule has 1 heterocycles. The number of carbonyl (C=O) groups excluding carboxylic acids is 2. The third kappa shape index (κ3) is 7.38. The molecule has 0 unspecified atom stereocenters. The lowest BCUT2D eigenvalue weighted by Crippen LogP contribution is -2.40. The molecule has 216 valence electrons. The molecule has 1 saturated heterocycles. The number of benzene rings is 3. The van der Waals surface area contributed by atoms with Crippen molar-refractivity contribution in [3.63, 3.8) is 0 Å². The van der Waals surface area contributed by atoms with Crippen molar-refractivity contribution < 1.29 is 24.2 Å². The van der Waals surface area contributed by atoms with E-state index >= 15 is 0 Å². The predicted octanol–water partition coefficient (Wildman–Crippen LogP) is 5.69. The lowest BCUT2D eigenvalue weighted by Gasteiger charge is -2.35. The van der Waals surface area contributed by atoms with Crippen LogP contribution in [0.4, 0.5) is 17.1 Å². The number of halogens is 1. The highest BCUT2D eigenvalue weighted by Gasteiger charge is 2.26. The number of aromatic carboxylic acids is 1. The molecular formula is C31H35BrN4O5. The molecule has 0 spiro atoms. The fraction of sp³-hybridized carbons (Fsp3) is 0.323. The second-order valence-corrected chi connectivity index (χ2v) is 10.9. The summed E-state index contributed by atoms with van der Waals surface area (Å²) in [6.07, 6.45) is 3.35. The summed E-state index contributed by atoms with van der Waals surface area (Å²) in [5, 5.41) is 13.9. The molecule has 3 aromatic carbocycles. The quantitative estimate of drug-likeness (QED) is 0.249. The first-order chi connectivity index (χ1) is 19.7. The average Bonchev–Trinajstić information content (AvgIpc) is 2.96. The van der Waals surface area contributed by atoms with Crippen molar-refractivity contribution >= 4 is 50.8 Å². The molecule has 0 aromatic heterocycles. The summed E-state index contributed by atoms with van der Waals surface area (Å²) < 4.78 is 5.82. The Morgan fingerprint density at radius 1 is 1.05 bits per heavy atom. The molecule has 4 rings (SSSR count). The zero-order chi connectivity index (χ0) is 29.5. The molecular weight excluding hydrogens is 588 g/mol. The number of hydrazine groups is 1. The van der Waals surface area contributed by atoms with Crippen LogP contribution in [0.1, 0.15) is 53.2 Å². The van der Waals surface area contributed by atoms with Crippen molar-refractivity contribution in [2.45, 2.75) is 46.1 Å². The van der Waals surface area contributed by atoms with Gasteiger partial charge in [0.1, 0.15) is 11.3 Å². The van der Waals surface area contributed by atoms with Gasteiger partial charge in [0.15, 0.2) is 0 Å². The second-order valence-electron chi connectivity index (χ2n) is 10.1. The Labute approximate surface area is 248 Å². The Morgan fingerprint density at radius 3 is 2.39 bits per heavy atom. The Balaban J connectivity index is 1.72. The largest absolute Gasteiger partial charge is 0.496 e. The van der Waals surface area contributed by atoms with Crippen LogP contribution in [0.5, 0.6) is 5.75 Å². The fourth-order valence-corrected chi connectivity index (χ4v) is 5.41. The summed E-state index contributed by atoms with van der Waals surface area (Å²) in [7, 11) is 1.41. The number of anilines is 3. The Hall–Kier alpha value is -4.05. The molecule has 9 nitrogen and oxygen atoms in total. The molecule has 2 amide bonds. The molecule has 3 N–H and O–H groups in total. The highest BCUT2D eigenvalue weighted by molar-refractivity contribution is 9.10. The van der Waals surface area contributed by atoms with Gasteiger partial charge in [-0.05, 0) is 73.2 Å². The van der Waals surface area contributed by atoms with Crippen LogP contribution in [-0.2, 0) is 22.6 Å². The SMILES string of the molecule is COc1cc(CC(=O)N(Nc2ccc(CNC(C)=O)cc2)c2c(C)cccc2N2CCCCC2)c(Br)cc1C(=O)O. The van der Waals surface area contributed by atoms with E-state index < -0.39 is 5.97 Å². The van der Waals surface area contributed by atoms with Gasteiger partial charge in [-0.3, -0.25) is 15.0 Å². The number of hydrogen-bond donors (Lipinski definition) is 3. The number of ether oxygens (including phenoxy) is 1. The Morgan fingerprint density at radius 2 is 1.76 bits per heavy atom. The standard InChI is InChI=1S/C31H35BrN4O5/c1-20-8-7-9-27(35-14-5-4-6-15-35)30(20)36(34-24-12-10-22(11-13-24)19-33-21(2)37)29(38)17-23-16-28(41-3)25(31(39)40)18-26(23)32/h7-13,16,18,34H,4-6,14-15,17,19H2,1-3H3,(H,33,37)(H,39,40). The lowest BCUT2D eigenvalue weighted by molar-refractivity contribution is -0.119. The van der Waals surface area contributed by atoms with Gasteiger partial charge in [-0.2, -0.15) is 0 Å². The molecule has 0 atom stereocenters. The molecule has 0 saturated carbocycles. The van der Waals surface area contributed by atoms with E-state index in [1.165, 1.54) is 26.5 Å². The van der Waals surface area contributed by atoms with Gasteiger partial charge in [0.05, 0.1) is 30.6 Å². The monoisotopic (exact) mass is 622 g/mol. The van der Waals surface area contributed by atoms with Gasteiger partial charge in [-0.1, -0.05) is 40.2 Å². The molecule has 1 aliphatic rings. The predicted molar refractivity (Wildman–Crippen MR) is 164 cm³/mol. The summed E-state index contributed by atoms with van der Waals surface area (Å²) in [6, 6.07) is 16.6. The Bertz CT molecular complexity index is 1420. The Kier molecular flexibility index (Phi) is 9.88. The van der Waals surface area contributed by atoms with Crippen LogP contribution in [0.2, 0.25) is 0 Å². The highest BCUT2D eigenvalue weighted by atomic mass is 79.9. The minimum Gasteiger partial charge on any atom is -0.496 e. The van der Waals surface area contributed by atoms with Crippen LogP contribution >= 0.6 is 15.9 Å². The molecule has 0 radical (unpaired) electrons. The van der Waals surface area contributed by atoms with Crippen LogP contribution in [-0.4, -0.2) is 43.1 Å². The molecule has 0 bridgehead atoms. The van der Waals surface area contributed by atoms with E-state index in [0.717, 1.165) is 48.4 Å². The maximum atomic E-state index is 14.1. The van der Waals surface area contributed by atoms with E-state index in [9.17, 15) is 19.5 Å². The zero-order valence-corrected chi connectivity index (χ0v) is 25.1. The van der Waals surface area contributed by atoms with Crippen LogP contribution in [0, 0.1) is 6.92 Å². The van der Waals surface area contributed by atoms with E-state index in [2.05, 4.69) is 31.6 Å². The smallest absolute Gasteiger partial charge is 0.339 e. The second kappa shape index (κ2) is 13.5. The van der Waals surface area contributed by atoms with Crippen molar-refractivity contribution in [1.29, 1.82) is 0 Å². The van der Waals surface area contributed by atoms with Gasteiger partial charge in [0, 0.05) is 31.0 Å². The van der Waals surface area contributed by atoms with Gasteiger partial charge in [-0.15, -0.1) is 0 Å². The minimum absolute atomic E-state index is 0.0104. The number of nitrogens with one attached hydrogen (secondary N) is 2. The topological polar surface area (TPSA) is 111 Å². The number of carbonyl (C=O) groups is 3. The first-order valence-corrected chi connectivity index (χ1v) is 14.3. The normalized spacial score (nSPS) is 12.9. The lowest BCUT2D eigenvalue weighted by atomic mass is 10.0. The number of nitrogens with zero attached hydrogens (tertiary/aromatic N) is 2. The maximum Gasteiger partial charge on any atom is 0.339 e. The molecule has 1 aliphatic heterocycles. The highest BCUT2D eigenvalue weighted by Crippen LogP contribution is 2.36. The summed E-state index contributed by atoms with van der Waals surface area (Å²) >= 11 is 3.46. The van der Waals surface area contributed by atoms with Gasteiger partial charge in [0.25, 0.3) is 0 Å². The van der Waals surface area contributed by atoms with Crippen LogP contribution in [0.3, 0.4) is 0 Å². The number of para-hydroxylation sites is 1. The van der Waals surface area contributed by atoms with Crippen molar-refractivity contribution in [3.05, 3.63) is 81.3 Å². The maximum absolute atomic E-state index is 14.1. The zero-order valence-electron chi connectivity index (χ0n) is 23.5. The van der Waals surface area contributed by atoms with E-state index in [1.807, 2.05) is 49.4 Å². The fourth-order valence-electron chi connectivity index (χ4n) is 4.93. The number of amides is 2. The van der Waals surface area contributed by atoms with E-state index in [1.54, 1.807) is 11.1 Å². The van der Waals surface area contributed by atoms with Crippen LogP contribution < -0.4 is 25.4 Å². The number of carboxylic acids is 1.